The summed E-state index contributed by atoms with van der Waals surface area (Å²) in [7, 11) is 0. The van der Waals surface area contributed by atoms with Crippen LogP contribution in [-0.2, 0) is 11.3 Å². The fraction of sp³-hybridized carbons (Fsp3) is 0.615. The van der Waals surface area contributed by atoms with Crippen molar-refractivity contribution < 1.29 is 4.79 Å². The summed E-state index contributed by atoms with van der Waals surface area (Å²) in [5.41, 5.74) is -0.242. The summed E-state index contributed by atoms with van der Waals surface area (Å²) in [4.78, 5) is 33.6. The monoisotopic (exact) mass is 483 g/mol. The molecular weight excluding hydrogens is 446 g/mol. The molecule has 3 rings (SSSR count). The maximum atomic E-state index is 13.4. The molecule has 1 aromatic heterocycles. The molecule has 1 aliphatic rings. The zero-order chi connectivity index (χ0) is 24.9. The van der Waals surface area contributed by atoms with Gasteiger partial charge in [0.15, 0.2) is 5.16 Å². The summed E-state index contributed by atoms with van der Waals surface area (Å²) in [5.74, 6) is -0.187. The van der Waals surface area contributed by atoms with E-state index < -0.39 is 10.8 Å². The Kier molecular flexibility index (Phi) is 8.78. The van der Waals surface area contributed by atoms with Crippen LogP contribution in [-0.4, -0.2) is 49.8 Å². The molecule has 1 amide bonds. The van der Waals surface area contributed by atoms with Crippen molar-refractivity contribution in [1.29, 1.82) is 5.26 Å². The van der Waals surface area contributed by atoms with Gasteiger partial charge in [0.25, 0.3) is 5.56 Å². The van der Waals surface area contributed by atoms with E-state index in [4.69, 9.17) is 4.98 Å². The number of rotatable bonds is 9. The highest BCUT2D eigenvalue weighted by Gasteiger charge is 2.35. The van der Waals surface area contributed by atoms with Crippen LogP contribution in [0, 0.1) is 11.3 Å². The van der Waals surface area contributed by atoms with Crippen molar-refractivity contribution in [3.05, 3.63) is 34.6 Å². The third-order valence-electron chi connectivity index (χ3n) is 6.67. The Morgan fingerprint density at radius 1 is 1.18 bits per heavy atom. The van der Waals surface area contributed by atoms with Crippen LogP contribution in [0.4, 0.5) is 0 Å². The predicted molar refractivity (Wildman–Crippen MR) is 138 cm³/mol. The molecule has 1 saturated carbocycles. The minimum atomic E-state index is -0.782. The third kappa shape index (κ3) is 6.00. The smallest absolute Gasteiger partial charge is 0.262 e. The molecule has 0 saturated heterocycles. The Balaban J connectivity index is 1.88. The van der Waals surface area contributed by atoms with Gasteiger partial charge < -0.3 is 5.32 Å². The number of hydrogen-bond donors (Lipinski definition) is 1. The number of nitrogens with zero attached hydrogens (tertiary/aromatic N) is 4. The molecular formula is C26H37N5O2S. The molecule has 1 N–H and O–H groups in total. The highest BCUT2D eigenvalue weighted by molar-refractivity contribution is 8.00. The molecule has 184 valence electrons. The SMILES string of the molecule is CC(Sc1nc2ccccc2c(=O)n1CCN(C(C)C)C(C)C)C(=O)NC1(C#N)CCCCC1. The van der Waals surface area contributed by atoms with E-state index in [-0.39, 0.29) is 11.5 Å². The van der Waals surface area contributed by atoms with E-state index in [1.165, 1.54) is 11.8 Å². The number of carbonyl (C=O) groups excluding carboxylic acids is 1. The van der Waals surface area contributed by atoms with Gasteiger partial charge in [0.1, 0.15) is 5.54 Å². The summed E-state index contributed by atoms with van der Waals surface area (Å²) in [6.07, 6.45) is 4.37. The summed E-state index contributed by atoms with van der Waals surface area (Å²) in [5, 5.41) is 13.4. The second kappa shape index (κ2) is 11.4. The van der Waals surface area contributed by atoms with E-state index >= 15 is 0 Å². The van der Waals surface area contributed by atoms with Crippen molar-refractivity contribution in [1.82, 2.24) is 19.8 Å². The van der Waals surface area contributed by atoms with Crippen LogP contribution in [0.2, 0.25) is 0 Å². The maximum absolute atomic E-state index is 13.4. The topological polar surface area (TPSA) is 91.0 Å². The second-order valence-electron chi connectivity index (χ2n) is 9.80. The molecule has 2 aromatic rings. The van der Waals surface area contributed by atoms with E-state index in [9.17, 15) is 14.9 Å². The summed E-state index contributed by atoms with van der Waals surface area (Å²) in [6.45, 7) is 11.6. The summed E-state index contributed by atoms with van der Waals surface area (Å²) >= 11 is 1.29. The largest absolute Gasteiger partial charge is 0.337 e. The fourth-order valence-electron chi connectivity index (χ4n) is 4.73. The van der Waals surface area contributed by atoms with Crippen LogP contribution in [0.15, 0.2) is 34.2 Å². The van der Waals surface area contributed by atoms with Crippen molar-refractivity contribution >= 4 is 28.6 Å². The highest BCUT2D eigenvalue weighted by atomic mass is 32.2. The lowest BCUT2D eigenvalue weighted by Crippen LogP contribution is -2.51. The van der Waals surface area contributed by atoms with Gasteiger partial charge in [0.2, 0.25) is 5.91 Å². The summed E-state index contributed by atoms with van der Waals surface area (Å²) in [6, 6.07) is 10.4. The number of fused-ring (bicyclic) bond motifs is 1. The average molecular weight is 484 g/mol. The molecule has 1 unspecified atom stereocenters. The Hall–Kier alpha value is -2.37. The maximum Gasteiger partial charge on any atom is 0.262 e. The van der Waals surface area contributed by atoms with Gasteiger partial charge in [-0.25, -0.2) is 4.98 Å². The fourth-order valence-corrected chi connectivity index (χ4v) is 5.67. The van der Waals surface area contributed by atoms with E-state index in [0.29, 0.717) is 54.1 Å². The van der Waals surface area contributed by atoms with Crippen LogP contribution in [0.3, 0.4) is 0 Å². The minimum absolute atomic E-state index is 0.0889. The number of thioether (sulfide) groups is 1. The molecule has 1 atom stereocenters. The van der Waals surface area contributed by atoms with Crippen molar-refractivity contribution in [2.24, 2.45) is 0 Å². The first-order valence-corrected chi connectivity index (χ1v) is 13.2. The predicted octanol–water partition coefficient (Wildman–Crippen LogP) is 4.34. The second-order valence-corrected chi connectivity index (χ2v) is 11.1. The lowest BCUT2D eigenvalue weighted by molar-refractivity contribution is -0.121. The van der Waals surface area contributed by atoms with Crippen molar-refractivity contribution in [3.63, 3.8) is 0 Å². The zero-order valence-electron chi connectivity index (χ0n) is 21.0. The van der Waals surface area contributed by atoms with Gasteiger partial charge in [0, 0.05) is 25.2 Å². The molecule has 7 nitrogen and oxygen atoms in total. The molecule has 34 heavy (non-hydrogen) atoms. The van der Waals surface area contributed by atoms with Gasteiger partial charge in [-0.05, 0) is 59.6 Å². The summed E-state index contributed by atoms with van der Waals surface area (Å²) < 4.78 is 1.70. The number of hydrogen-bond acceptors (Lipinski definition) is 6. The van der Waals surface area contributed by atoms with Crippen LogP contribution >= 0.6 is 11.8 Å². The molecule has 1 heterocycles. The molecule has 0 spiro atoms. The van der Waals surface area contributed by atoms with Crippen molar-refractivity contribution in [3.8, 4) is 6.07 Å². The molecule has 1 fully saturated rings. The lowest BCUT2D eigenvalue weighted by atomic mass is 9.83. The molecule has 0 aliphatic heterocycles. The Morgan fingerprint density at radius 3 is 2.44 bits per heavy atom. The van der Waals surface area contributed by atoms with Gasteiger partial charge in [-0.2, -0.15) is 5.26 Å². The number of para-hydroxylation sites is 1. The standard InChI is InChI=1S/C26H37N5O2S/c1-18(2)30(19(3)4)15-16-31-24(33)21-11-7-8-12-22(21)28-25(31)34-20(5)23(32)29-26(17-27)13-9-6-10-14-26/h7-8,11-12,18-20H,6,9-10,13-16H2,1-5H3,(H,29,32). The Bertz CT molecular complexity index is 1090. The highest BCUT2D eigenvalue weighted by Crippen LogP contribution is 2.29. The molecule has 0 radical (unpaired) electrons. The van der Waals surface area contributed by atoms with Gasteiger partial charge in [-0.3, -0.25) is 19.1 Å². The molecule has 1 aromatic carbocycles. The van der Waals surface area contributed by atoms with Gasteiger partial charge >= 0.3 is 0 Å². The third-order valence-corrected chi connectivity index (χ3v) is 7.76. The van der Waals surface area contributed by atoms with E-state index in [1.54, 1.807) is 10.6 Å². The average Bonchev–Trinajstić information content (AvgIpc) is 2.81. The Labute approximate surface area is 206 Å². The quantitative estimate of drug-likeness (QED) is 0.421. The number of nitrogens with one attached hydrogen (secondary N) is 1. The first-order valence-electron chi connectivity index (χ1n) is 12.3. The number of carbonyl (C=O) groups is 1. The van der Waals surface area contributed by atoms with Gasteiger partial charge in [0.05, 0.1) is 22.2 Å². The lowest BCUT2D eigenvalue weighted by Gasteiger charge is -2.32. The molecule has 0 bridgehead atoms. The minimum Gasteiger partial charge on any atom is -0.337 e. The Morgan fingerprint density at radius 2 is 1.82 bits per heavy atom. The van der Waals surface area contributed by atoms with Crippen LogP contribution in [0.1, 0.15) is 66.7 Å². The van der Waals surface area contributed by atoms with Crippen molar-refractivity contribution in [2.75, 3.05) is 6.54 Å². The van der Waals surface area contributed by atoms with E-state index in [1.807, 2.05) is 25.1 Å². The molecule has 1 aliphatic carbocycles. The zero-order valence-corrected chi connectivity index (χ0v) is 21.8. The molecule has 8 heteroatoms. The number of benzene rings is 1. The number of nitriles is 1. The van der Waals surface area contributed by atoms with E-state index in [0.717, 1.165) is 19.3 Å². The number of aromatic nitrogens is 2. The van der Waals surface area contributed by atoms with Crippen LogP contribution in [0.25, 0.3) is 10.9 Å². The normalized spacial score (nSPS) is 16.7. The van der Waals surface area contributed by atoms with E-state index in [2.05, 4.69) is 44.0 Å². The first kappa shape index (κ1) is 26.2. The van der Waals surface area contributed by atoms with Crippen LogP contribution in [0.5, 0.6) is 0 Å². The van der Waals surface area contributed by atoms with Crippen LogP contribution < -0.4 is 10.9 Å². The number of amides is 1. The first-order chi connectivity index (χ1) is 16.2. The van der Waals surface area contributed by atoms with Gasteiger partial charge in [-0.15, -0.1) is 0 Å². The van der Waals surface area contributed by atoms with Gasteiger partial charge in [-0.1, -0.05) is 43.2 Å². The van der Waals surface area contributed by atoms with Crippen molar-refractivity contribution in [2.45, 2.75) is 101 Å².